The van der Waals surface area contributed by atoms with Crippen molar-refractivity contribution in [1.82, 2.24) is 4.90 Å². The molecule has 5 nitrogen and oxygen atoms in total. The molecular weight excluding hydrogens is 383 g/mol. The molecule has 0 aliphatic carbocycles. The predicted octanol–water partition coefficient (Wildman–Crippen LogP) is 4.50. The van der Waals surface area contributed by atoms with Gasteiger partial charge in [0.2, 0.25) is 5.91 Å². The van der Waals surface area contributed by atoms with Crippen LogP contribution in [0.4, 0.5) is 10.1 Å². The van der Waals surface area contributed by atoms with Gasteiger partial charge < -0.3 is 14.4 Å². The standard InChI is InChI=1S/C24H31FN2O3/c1-17(2)24(28)27(20-7-5-19(25)6-8-20)21-11-13-26(14-12-21)16-18-15-22(29-3)9-10-23(18)30-4/h5-10,15,17,21H,11-14,16H2,1-4H3. The van der Waals surface area contributed by atoms with E-state index < -0.39 is 0 Å². The Bertz CT molecular complexity index is 846. The highest BCUT2D eigenvalue weighted by atomic mass is 19.1. The first-order chi connectivity index (χ1) is 14.4. The minimum atomic E-state index is -0.294. The van der Waals surface area contributed by atoms with Crippen LogP contribution in [0.2, 0.25) is 0 Å². The number of benzene rings is 2. The molecule has 30 heavy (non-hydrogen) atoms. The Balaban J connectivity index is 1.71. The van der Waals surface area contributed by atoms with Gasteiger partial charge in [-0.25, -0.2) is 4.39 Å². The van der Waals surface area contributed by atoms with E-state index in [0.29, 0.717) is 0 Å². The van der Waals surface area contributed by atoms with Crippen LogP contribution in [0.1, 0.15) is 32.3 Å². The summed E-state index contributed by atoms with van der Waals surface area (Å²) in [6, 6.07) is 12.2. The van der Waals surface area contributed by atoms with Crippen molar-refractivity contribution in [3.05, 3.63) is 53.8 Å². The van der Waals surface area contributed by atoms with Crippen molar-refractivity contribution < 1.29 is 18.7 Å². The number of halogens is 1. The summed E-state index contributed by atoms with van der Waals surface area (Å²) in [6.07, 6.45) is 1.73. The Hall–Kier alpha value is -2.60. The molecule has 1 aliphatic rings. The Morgan fingerprint density at radius 2 is 1.77 bits per heavy atom. The molecule has 3 rings (SSSR count). The number of hydrogen-bond donors (Lipinski definition) is 0. The van der Waals surface area contributed by atoms with Gasteiger partial charge in [0.05, 0.1) is 14.2 Å². The highest BCUT2D eigenvalue weighted by Crippen LogP contribution is 2.29. The number of likely N-dealkylation sites (tertiary alicyclic amines) is 1. The maximum absolute atomic E-state index is 13.4. The maximum atomic E-state index is 13.4. The van der Waals surface area contributed by atoms with E-state index in [1.807, 2.05) is 36.9 Å². The van der Waals surface area contributed by atoms with Crippen LogP contribution >= 0.6 is 0 Å². The Morgan fingerprint density at radius 3 is 2.33 bits per heavy atom. The lowest BCUT2D eigenvalue weighted by Gasteiger charge is -2.39. The van der Waals surface area contributed by atoms with Gasteiger partial charge in [-0.3, -0.25) is 9.69 Å². The average molecular weight is 415 g/mol. The monoisotopic (exact) mass is 414 g/mol. The summed E-state index contributed by atoms with van der Waals surface area (Å²) in [4.78, 5) is 17.2. The molecule has 1 aliphatic heterocycles. The molecule has 1 fully saturated rings. The third-order valence-corrected chi connectivity index (χ3v) is 5.64. The molecule has 162 valence electrons. The minimum absolute atomic E-state index is 0.0783. The lowest BCUT2D eigenvalue weighted by atomic mass is 9.99. The van der Waals surface area contributed by atoms with Crippen LogP contribution < -0.4 is 14.4 Å². The van der Waals surface area contributed by atoms with Crippen molar-refractivity contribution in [2.24, 2.45) is 5.92 Å². The summed E-state index contributed by atoms with van der Waals surface area (Å²) in [5.41, 5.74) is 1.85. The van der Waals surface area contributed by atoms with Gasteiger partial charge in [-0.2, -0.15) is 0 Å². The summed E-state index contributed by atoms with van der Waals surface area (Å²) < 4.78 is 24.3. The SMILES string of the molecule is COc1ccc(OC)c(CN2CCC(N(C(=O)C(C)C)c3ccc(F)cc3)CC2)c1. The van der Waals surface area contributed by atoms with Gasteiger partial charge in [0, 0.05) is 42.8 Å². The van der Waals surface area contributed by atoms with Gasteiger partial charge in [-0.15, -0.1) is 0 Å². The van der Waals surface area contributed by atoms with Crippen LogP contribution in [0.25, 0.3) is 0 Å². The number of methoxy groups -OCH3 is 2. The number of nitrogens with zero attached hydrogens (tertiary/aromatic N) is 2. The van der Waals surface area contributed by atoms with Crippen molar-refractivity contribution in [2.75, 3.05) is 32.2 Å². The first kappa shape index (κ1) is 22.1. The van der Waals surface area contributed by atoms with Gasteiger partial charge in [0.15, 0.2) is 0 Å². The molecule has 0 N–H and O–H groups in total. The van der Waals surface area contributed by atoms with Gasteiger partial charge in [-0.05, 0) is 55.3 Å². The Kier molecular flexibility index (Phi) is 7.32. The molecule has 0 unspecified atom stereocenters. The molecule has 2 aromatic rings. The van der Waals surface area contributed by atoms with Crippen LogP contribution in [0.3, 0.4) is 0 Å². The van der Waals surface area contributed by atoms with Crippen molar-refractivity contribution in [2.45, 2.75) is 39.3 Å². The summed E-state index contributed by atoms with van der Waals surface area (Å²) in [6.45, 7) is 6.32. The summed E-state index contributed by atoms with van der Waals surface area (Å²) in [5.74, 6) is 1.33. The highest BCUT2D eigenvalue weighted by molar-refractivity contribution is 5.95. The number of rotatable bonds is 7. The lowest BCUT2D eigenvalue weighted by Crippen LogP contribution is -2.48. The second kappa shape index (κ2) is 9.94. The topological polar surface area (TPSA) is 42.0 Å². The number of piperidine rings is 1. The lowest BCUT2D eigenvalue weighted by molar-refractivity contribution is -0.122. The van der Waals surface area contributed by atoms with Gasteiger partial charge >= 0.3 is 0 Å². The van der Waals surface area contributed by atoms with E-state index in [0.717, 1.165) is 55.2 Å². The first-order valence-electron chi connectivity index (χ1n) is 10.4. The maximum Gasteiger partial charge on any atom is 0.229 e. The van der Waals surface area contributed by atoms with Gasteiger partial charge in [0.25, 0.3) is 0 Å². The zero-order valence-corrected chi connectivity index (χ0v) is 18.2. The highest BCUT2D eigenvalue weighted by Gasteiger charge is 2.30. The molecule has 0 bridgehead atoms. The van der Waals surface area contributed by atoms with Crippen molar-refractivity contribution in [3.63, 3.8) is 0 Å². The van der Waals surface area contributed by atoms with Crippen molar-refractivity contribution in [3.8, 4) is 11.5 Å². The third-order valence-electron chi connectivity index (χ3n) is 5.64. The van der Waals surface area contributed by atoms with E-state index in [1.54, 1.807) is 26.4 Å². The average Bonchev–Trinajstić information content (AvgIpc) is 2.76. The number of anilines is 1. The van der Waals surface area contributed by atoms with E-state index in [9.17, 15) is 9.18 Å². The summed E-state index contributed by atoms with van der Waals surface area (Å²) in [7, 11) is 3.34. The van der Waals surface area contributed by atoms with E-state index in [2.05, 4.69) is 4.90 Å². The van der Waals surface area contributed by atoms with E-state index in [1.165, 1.54) is 12.1 Å². The number of carbonyl (C=O) groups is 1. The zero-order valence-electron chi connectivity index (χ0n) is 18.2. The minimum Gasteiger partial charge on any atom is -0.497 e. The molecule has 0 radical (unpaired) electrons. The normalized spacial score (nSPS) is 15.3. The molecule has 0 atom stereocenters. The zero-order chi connectivity index (χ0) is 21.7. The van der Waals surface area contributed by atoms with Crippen LogP contribution in [0.5, 0.6) is 11.5 Å². The fraction of sp³-hybridized carbons (Fsp3) is 0.458. The van der Waals surface area contributed by atoms with Crippen LogP contribution in [0, 0.1) is 11.7 Å². The molecule has 1 amide bonds. The number of hydrogen-bond acceptors (Lipinski definition) is 4. The molecular formula is C24H31FN2O3. The van der Waals surface area contributed by atoms with Crippen molar-refractivity contribution >= 4 is 11.6 Å². The molecule has 0 saturated carbocycles. The predicted molar refractivity (Wildman–Crippen MR) is 117 cm³/mol. The summed E-state index contributed by atoms with van der Waals surface area (Å²) in [5, 5.41) is 0. The van der Waals surface area contributed by atoms with Crippen LogP contribution in [-0.2, 0) is 11.3 Å². The van der Waals surface area contributed by atoms with Gasteiger partial charge in [-0.1, -0.05) is 13.8 Å². The second-order valence-corrected chi connectivity index (χ2v) is 8.02. The Morgan fingerprint density at radius 1 is 1.10 bits per heavy atom. The number of ether oxygens (including phenoxy) is 2. The molecule has 2 aromatic carbocycles. The van der Waals surface area contributed by atoms with Crippen LogP contribution in [-0.4, -0.2) is 44.2 Å². The summed E-state index contributed by atoms with van der Waals surface area (Å²) >= 11 is 0. The van der Waals surface area contributed by atoms with E-state index in [4.69, 9.17) is 9.47 Å². The van der Waals surface area contributed by atoms with E-state index in [-0.39, 0.29) is 23.7 Å². The number of amides is 1. The van der Waals surface area contributed by atoms with E-state index >= 15 is 0 Å². The fourth-order valence-corrected chi connectivity index (χ4v) is 3.98. The van der Waals surface area contributed by atoms with Gasteiger partial charge in [0.1, 0.15) is 17.3 Å². The largest absolute Gasteiger partial charge is 0.497 e. The second-order valence-electron chi connectivity index (χ2n) is 8.02. The smallest absolute Gasteiger partial charge is 0.229 e. The molecule has 1 heterocycles. The van der Waals surface area contributed by atoms with Crippen LogP contribution in [0.15, 0.2) is 42.5 Å². The molecule has 0 aromatic heterocycles. The molecule has 1 saturated heterocycles. The van der Waals surface area contributed by atoms with Crippen molar-refractivity contribution in [1.29, 1.82) is 0 Å². The third kappa shape index (κ3) is 5.11. The fourth-order valence-electron chi connectivity index (χ4n) is 3.98. The first-order valence-corrected chi connectivity index (χ1v) is 10.4. The quantitative estimate of drug-likeness (QED) is 0.669. The molecule has 6 heteroatoms. The molecule has 0 spiro atoms. The Labute approximate surface area is 178 Å². The number of carbonyl (C=O) groups excluding carboxylic acids is 1.